The summed E-state index contributed by atoms with van der Waals surface area (Å²) in [5.74, 6) is 0. The van der Waals surface area contributed by atoms with Gasteiger partial charge in [0, 0.05) is 0 Å². The molecule has 1 nitrogen and oxygen atoms in total. The van der Waals surface area contributed by atoms with Crippen LogP contribution in [0.4, 0.5) is 0 Å². The summed E-state index contributed by atoms with van der Waals surface area (Å²) >= 11 is 0. The summed E-state index contributed by atoms with van der Waals surface area (Å²) in [6.07, 6.45) is 7.05. The highest BCUT2D eigenvalue weighted by atomic mass is 15.4. The van der Waals surface area contributed by atoms with E-state index in [-0.39, 0.29) is 0 Å². The Morgan fingerprint density at radius 1 is 1.00 bits per heavy atom. The molecule has 0 aromatic heterocycles. The molecule has 0 aromatic rings. The summed E-state index contributed by atoms with van der Waals surface area (Å²) in [5.41, 5.74) is 0. The zero-order valence-corrected chi connectivity index (χ0v) is 9.14. The van der Waals surface area contributed by atoms with Crippen LogP contribution < -0.4 is 0 Å². The minimum Gasteiger partial charge on any atom is -0.324 e. The van der Waals surface area contributed by atoms with Crippen LogP contribution in [-0.2, 0) is 0 Å². The molecule has 1 aliphatic rings. The van der Waals surface area contributed by atoms with Crippen molar-refractivity contribution >= 4 is 0 Å². The molecule has 0 aromatic carbocycles. The molecule has 1 fully saturated rings. The Balaban J connectivity index is 2.67. The van der Waals surface area contributed by atoms with Crippen LogP contribution in [0.5, 0.6) is 0 Å². The van der Waals surface area contributed by atoms with Gasteiger partial charge >= 0.3 is 0 Å². The van der Waals surface area contributed by atoms with E-state index in [1.807, 2.05) is 0 Å². The Kier molecular flexibility index (Phi) is 3.16. The summed E-state index contributed by atoms with van der Waals surface area (Å²) in [7, 11) is 4.84. The van der Waals surface area contributed by atoms with Crippen LogP contribution in [0, 0.1) is 0 Å². The van der Waals surface area contributed by atoms with Gasteiger partial charge in [0.25, 0.3) is 0 Å². The Morgan fingerprint density at radius 2 is 1.42 bits per heavy atom. The first-order valence-electron chi connectivity index (χ1n) is 5.46. The predicted octanol–water partition coefficient (Wildman–Crippen LogP) is 2.80. The first-order chi connectivity index (χ1) is 5.62. The lowest BCUT2D eigenvalue weighted by Crippen LogP contribution is -2.57. The second kappa shape index (κ2) is 3.78. The molecule has 1 aliphatic heterocycles. The first-order valence-corrected chi connectivity index (χ1v) is 5.46. The molecule has 2 atom stereocenters. The molecule has 0 N–H and O–H groups in total. The van der Waals surface area contributed by atoms with Crippen molar-refractivity contribution in [2.45, 2.75) is 58.0 Å². The predicted molar refractivity (Wildman–Crippen MR) is 54.1 cm³/mol. The molecule has 1 heterocycles. The van der Waals surface area contributed by atoms with E-state index in [0.29, 0.717) is 0 Å². The lowest BCUT2D eigenvalue weighted by molar-refractivity contribution is -0.944. The maximum Gasteiger partial charge on any atom is 0.0885 e. The van der Waals surface area contributed by atoms with Gasteiger partial charge in [0.1, 0.15) is 0 Å². The van der Waals surface area contributed by atoms with Crippen molar-refractivity contribution in [1.82, 2.24) is 0 Å². The second-order valence-corrected chi connectivity index (χ2v) is 4.68. The van der Waals surface area contributed by atoms with E-state index >= 15 is 0 Å². The van der Waals surface area contributed by atoms with Crippen LogP contribution in [0.15, 0.2) is 0 Å². The van der Waals surface area contributed by atoms with Crippen LogP contribution in [0.1, 0.15) is 46.0 Å². The maximum absolute atomic E-state index is 2.42. The van der Waals surface area contributed by atoms with E-state index in [1.54, 1.807) is 0 Å². The van der Waals surface area contributed by atoms with Crippen LogP contribution in [0.25, 0.3) is 0 Å². The number of quaternary nitrogens is 1. The summed E-state index contributed by atoms with van der Waals surface area (Å²) in [6.45, 7) is 4.67. The Labute approximate surface area is 77.4 Å². The van der Waals surface area contributed by atoms with Gasteiger partial charge in [-0.15, -0.1) is 0 Å². The third-order valence-electron chi connectivity index (χ3n) is 3.90. The van der Waals surface area contributed by atoms with Gasteiger partial charge in [-0.2, -0.15) is 0 Å². The molecule has 0 saturated carbocycles. The van der Waals surface area contributed by atoms with Crippen molar-refractivity contribution in [3.05, 3.63) is 0 Å². The third-order valence-corrected chi connectivity index (χ3v) is 3.90. The number of hydrogen-bond acceptors (Lipinski definition) is 0. The highest BCUT2D eigenvalue weighted by Gasteiger charge is 2.37. The van der Waals surface area contributed by atoms with E-state index in [9.17, 15) is 0 Å². The molecule has 1 heteroatoms. The smallest absolute Gasteiger partial charge is 0.0885 e. The fraction of sp³-hybridized carbons (Fsp3) is 1.00. The zero-order chi connectivity index (χ0) is 9.19. The fourth-order valence-electron chi connectivity index (χ4n) is 2.90. The van der Waals surface area contributed by atoms with Crippen molar-refractivity contribution in [3.63, 3.8) is 0 Å². The van der Waals surface area contributed by atoms with Crippen LogP contribution in [0.3, 0.4) is 0 Å². The molecule has 1 saturated heterocycles. The zero-order valence-electron chi connectivity index (χ0n) is 9.14. The normalized spacial score (nSPS) is 35.0. The number of nitrogens with zero attached hydrogens (tertiary/aromatic N) is 1. The van der Waals surface area contributed by atoms with Crippen LogP contribution in [0.2, 0.25) is 0 Å². The third kappa shape index (κ3) is 1.66. The van der Waals surface area contributed by atoms with E-state index in [1.165, 1.54) is 36.6 Å². The van der Waals surface area contributed by atoms with E-state index in [2.05, 4.69) is 27.9 Å². The molecule has 0 amide bonds. The lowest BCUT2D eigenvalue weighted by Gasteiger charge is -2.47. The number of piperidine rings is 1. The van der Waals surface area contributed by atoms with Gasteiger partial charge in [0.15, 0.2) is 0 Å². The molecule has 2 unspecified atom stereocenters. The Morgan fingerprint density at radius 3 is 1.75 bits per heavy atom. The molecule has 72 valence electrons. The lowest BCUT2D eigenvalue weighted by atomic mass is 9.90. The van der Waals surface area contributed by atoms with Gasteiger partial charge in [0.05, 0.1) is 26.2 Å². The van der Waals surface area contributed by atoms with Crippen LogP contribution in [-0.4, -0.2) is 30.7 Å². The Hall–Kier alpha value is -0.0400. The largest absolute Gasteiger partial charge is 0.324 e. The number of likely N-dealkylation sites (tertiary alicyclic amines) is 1. The summed E-state index contributed by atoms with van der Waals surface area (Å²) < 4.78 is 1.27. The molecule has 0 radical (unpaired) electrons. The van der Waals surface area contributed by atoms with E-state index in [4.69, 9.17) is 0 Å². The van der Waals surface area contributed by atoms with Crippen molar-refractivity contribution in [2.24, 2.45) is 0 Å². The van der Waals surface area contributed by atoms with E-state index in [0.717, 1.165) is 12.1 Å². The van der Waals surface area contributed by atoms with Gasteiger partial charge in [-0.3, -0.25) is 0 Å². The summed E-state index contributed by atoms with van der Waals surface area (Å²) in [6, 6.07) is 1.84. The molecular weight excluding hydrogens is 146 g/mol. The summed E-state index contributed by atoms with van der Waals surface area (Å²) in [4.78, 5) is 0. The molecule has 0 aliphatic carbocycles. The van der Waals surface area contributed by atoms with Gasteiger partial charge in [-0.25, -0.2) is 0 Å². The quantitative estimate of drug-likeness (QED) is 0.559. The fourth-order valence-corrected chi connectivity index (χ4v) is 2.90. The standard InChI is InChI=1S/C11H24N/c1-5-10-8-7-9-11(6-2)12(10,3)4/h10-11H,5-9H2,1-4H3/q+1. The minimum atomic E-state index is 0.920. The molecule has 12 heavy (non-hydrogen) atoms. The van der Waals surface area contributed by atoms with Gasteiger partial charge in [-0.1, -0.05) is 13.8 Å². The highest BCUT2D eigenvalue weighted by molar-refractivity contribution is 4.69. The van der Waals surface area contributed by atoms with Gasteiger partial charge in [-0.05, 0) is 32.1 Å². The van der Waals surface area contributed by atoms with E-state index < -0.39 is 0 Å². The van der Waals surface area contributed by atoms with Gasteiger partial charge in [0.2, 0.25) is 0 Å². The number of hydrogen-bond donors (Lipinski definition) is 0. The average molecular weight is 170 g/mol. The van der Waals surface area contributed by atoms with Crippen molar-refractivity contribution < 1.29 is 4.48 Å². The summed E-state index contributed by atoms with van der Waals surface area (Å²) in [5, 5.41) is 0. The van der Waals surface area contributed by atoms with Crippen molar-refractivity contribution in [1.29, 1.82) is 0 Å². The average Bonchev–Trinajstić information content (AvgIpc) is 2.03. The molecular formula is C11H24N+. The molecule has 0 spiro atoms. The highest BCUT2D eigenvalue weighted by Crippen LogP contribution is 2.30. The Bertz CT molecular complexity index is 126. The van der Waals surface area contributed by atoms with Gasteiger partial charge < -0.3 is 4.48 Å². The SMILES string of the molecule is CCC1CCCC(CC)[N+]1(C)C. The topological polar surface area (TPSA) is 0 Å². The first kappa shape index (κ1) is 10.0. The van der Waals surface area contributed by atoms with Crippen molar-refractivity contribution in [2.75, 3.05) is 14.1 Å². The maximum atomic E-state index is 2.42. The van der Waals surface area contributed by atoms with Crippen molar-refractivity contribution in [3.8, 4) is 0 Å². The van der Waals surface area contributed by atoms with Crippen LogP contribution >= 0.6 is 0 Å². The second-order valence-electron chi connectivity index (χ2n) is 4.68. The molecule has 0 bridgehead atoms. The molecule has 1 rings (SSSR count). The number of rotatable bonds is 2. The minimum absolute atomic E-state index is 0.920. The monoisotopic (exact) mass is 170 g/mol.